The number of fused-ring (bicyclic) bond motifs is 1. The van der Waals surface area contributed by atoms with Crippen LogP contribution in [0.4, 0.5) is 0 Å². The lowest BCUT2D eigenvalue weighted by Crippen LogP contribution is -2.44. The van der Waals surface area contributed by atoms with Gasteiger partial charge in [0.2, 0.25) is 10.0 Å². The van der Waals surface area contributed by atoms with Gasteiger partial charge < -0.3 is 9.88 Å². The van der Waals surface area contributed by atoms with E-state index in [-0.39, 0.29) is 18.0 Å². The Balaban J connectivity index is 1.69. The van der Waals surface area contributed by atoms with Gasteiger partial charge >= 0.3 is 0 Å². The largest absolute Gasteiger partial charge is 0.334 e. The molecular weight excluding hydrogens is 462 g/mol. The number of nitrogens with one attached hydrogen (secondary N) is 1. The normalized spacial score (nSPS) is 16.6. The maximum absolute atomic E-state index is 13.5. The minimum absolute atomic E-state index is 0.178. The average molecular weight is 490 g/mol. The number of halogens is 1. The Hall–Kier alpha value is -2.42. The van der Waals surface area contributed by atoms with Crippen molar-refractivity contribution in [1.29, 1.82) is 0 Å². The van der Waals surface area contributed by atoms with Crippen LogP contribution in [-0.2, 0) is 23.0 Å². The number of amides is 1. The standard InChI is InChI=1S/C24H28ClN3O4S/c1-13-8-15(3)26-23(29)20(13)12-27-7-6-18-14(2)9-19(22(25)21(18)24(27)30)16(4)17-10-28(11-17)33(5,31)32/h8-9H,6-7,10-12H2,1-5H3,(H,26,29). The predicted molar refractivity (Wildman–Crippen MR) is 130 cm³/mol. The lowest BCUT2D eigenvalue weighted by Gasteiger charge is -2.34. The molecule has 1 fully saturated rings. The van der Waals surface area contributed by atoms with E-state index < -0.39 is 10.0 Å². The Labute approximate surface area is 199 Å². The van der Waals surface area contributed by atoms with Crippen molar-refractivity contribution in [3.05, 3.63) is 72.2 Å². The van der Waals surface area contributed by atoms with Crippen LogP contribution < -0.4 is 5.56 Å². The van der Waals surface area contributed by atoms with E-state index in [2.05, 4.69) is 4.98 Å². The number of aromatic nitrogens is 1. The van der Waals surface area contributed by atoms with Crippen molar-refractivity contribution < 1.29 is 13.2 Å². The molecule has 0 radical (unpaired) electrons. The summed E-state index contributed by atoms with van der Waals surface area (Å²) in [4.78, 5) is 30.5. The van der Waals surface area contributed by atoms with Crippen molar-refractivity contribution in [2.24, 2.45) is 0 Å². The molecule has 0 atom stereocenters. The lowest BCUT2D eigenvalue weighted by molar-refractivity contribution is 0.0726. The number of hydrogen-bond acceptors (Lipinski definition) is 4. The molecule has 0 spiro atoms. The smallest absolute Gasteiger partial charge is 0.255 e. The SMILES string of the molecule is CC(=C1CN(S(C)(=O)=O)C1)c1cc(C)c2c(c1Cl)C(=O)N(Cc1c(C)cc(C)[nH]c1=O)CC2. The van der Waals surface area contributed by atoms with E-state index in [1.165, 1.54) is 10.6 Å². The zero-order chi connectivity index (χ0) is 24.2. The number of sulfonamides is 1. The molecule has 4 rings (SSSR count). The van der Waals surface area contributed by atoms with Crippen LogP contribution in [-0.4, -0.2) is 54.4 Å². The van der Waals surface area contributed by atoms with E-state index in [0.29, 0.717) is 42.2 Å². The van der Waals surface area contributed by atoms with Crippen LogP contribution in [0.1, 0.15) is 50.8 Å². The van der Waals surface area contributed by atoms with Gasteiger partial charge in [-0.3, -0.25) is 9.59 Å². The van der Waals surface area contributed by atoms with Crippen LogP contribution in [0.3, 0.4) is 0 Å². The number of aromatic amines is 1. The van der Waals surface area contributed by atoms with Crippen molar-refractivity contribution in [2.45, 2.75) is 40.7 Å². The third-order valence-corrected chi connectivity index (χ3v) is 8.30. The summed E-state index contributed by atoms with van der Waals surface area (Å²) in [5, 5.41) is 0.391. The van der Waals surface area contributed by atoms with Gasteiger partial charge in [-0.05, 0) is 79.6 Å². The van der Waals surface area contributed by atoms with E-state index in [1.807, 2.05) is 39.8 Å². The Kier molecular flexibility index (Phi) is 6.05. The third-order valence-electron chi connectivity index (χ3n) is 6.71. The summed E-state index contributed by atoms with van der Waals surface area (Å²) in [7, 11) is -3.23. The maximum atomic E-state index is 13.5. The first kappa shape index (κ1) is 23.7. The molecule has 1 saturated heterocycles. The Morgan fingerprint density at radius 3 is 2.39 bits per heavy atom. The molecule has 0 aliphatic carbocycles. The van der Waals surface area contributed by atoms with Crippen molar-refractivity contribution in [1.82, 2.24) is 14.2 Å². The second kappa shape index (κ2) is 8.42. The number of H-pyrrole nitrogens is 1. The first-order chi connectivity index (χ1) is 15.4. The molecule has 0 unspecified atom stereocenters. The minimum Gasteiger partial charge on any atom is -0.334 e. The molecule has 176 valence electrons. The highest BCUT2D eigenvalue weighted by Gasteiger charge is 2.33. The molecule has 1 amide bonds. The molecule has 7 nitrogen and oxygen atoms in total. The summed E-state index contributed by atoms with van der Waals surface area (Å²) < 4.78 is 24.9. The van der Waals surface area contributed by atoms with Crippen LogP contribution in [0, 0.1) is 20.8 Å². The van der Waals surface area contributed by atoms with Crippen LogP contribution in [0.15, 0.2) is 22.5 Å². The number of rotatable bonds is 4. The van der Waals surface area contributed by atoms with E-state index in [9.17, 15) is 18.0 Å². The Bertz CT molecular complexity index is 1370. The number of benzene rings is 1. The quantitative estimate of drug-likeness (QED) is 0.714. The number of allylic oxidation sites excluding steroid dienone is 1. The van der Waals surface area contributed by atoms with Crippen LogP contribution >= 0.6 is 11.6 Å². The minimum atomic E-state index is -3.23. The van der Waals surface area contributed by atoms with Gasteiger partial charge in [-0.25, -0.2) is 8.42 Å². The molecule has 0 saturated carbocycles. The van der Waals surface area contributed by atoms with E-state index in [1.54, 1.807) is 4.90 Å². The first-order valence-electron chi connectivity index (χ1n) is 10.8. The average Bonchev–Trinajstić information content (AvgIpc) is 2.65. The highest BCUT2D eigenvalue weighted by molar-refractivity contribution is 7.88. The van der Waals surface area contributed by atoms with Gasteiger partial charge in [0.1, 0.15) is 0 Å². The van der Waals surface area contributed by atoms with E-state index in [4.69, 9.17) is 11.6 Å². The summed E-state index contributed by atoms with van der Waals surface area (Å²) in [6.07, 6.45) is 1.86. The highest BCUT2D eigenvalue weighted by atomic mass is 35.5. The van der Waals surface area contributed by atoms with Crippen LogP contribution in [0.25, 0.3) is 5.57 Å². The molecule has 0 bridgehead atoms. The number of carbonyl (C=O) groups is 1. The molecule has 2 aliphatic heterocycles. The van der Waals surface area contributed by atoms with Crippen molar-refractivity contribution in [2.75, 3.05) is 25.9 Å². The van der Waals surface area contributed by atoms with Gasteiger partial charge in [-0.15, -0.1) is 0 Å². The van der Waals surface area contributed by atoms with Gasteiger partial charge in [-0.2, -0.15) is 4.31 Å². The van der Waals surface area contributed by atoms with Gasteiger partial charge in [0.05, 0.1) is 23.4 Å². The lowest BCUT2D eigenvalue weighted by atomic mass is 9.88. The molecule has 2 aromatic rings. The topological polar surface area (TPSA) is 90.6 Å². The molecule has 33 heavy (non-hydrogen) atoms. The molecule has 3 heterocycles. The molecule has 9 heteroatoms. The van der Waals surface area contributed by atoms with Crippen LogP contribution in [0.2, 0.25) is 5.02 Å². The van der Waals surface area contributed by atoms with Gasteiger partial charge in [0.15, 0.2) is 0 Å². The zero-order valence-corrected chi connectivity index (χ0v) is 21.1. The van der Waals surface area contributed by atoms with Gasteiger partial charge in [0.25, 0.3) is 11.5 Å². The van der Waals surface area contributed by atoms with E-state index in [0.717, 1.165) is 39.1 Å². The summed E-state index contributed by atoms with van der Waals surface area (Å²) in [6.45, 7) is 9.02. The Morgan fingerprint density at radius 1 is 1.12 bits per heavy atom. The number of aryl methyl sites for hydroxylation is 3. The summed E-state index contributed by atoms with van der Waals surface area (Å²) in [6, 6.07) is 3.90. The second-order valence-corrected chi connectivity index (χ2v) is 11.4. The molecule has 1 N–H and O–H groups in total. The predicted octanol–water partition coefficient (Wildman–Crippen LogP) is 3.20. The highest BCUT2D eigenvalue weighted by Crippen LogP contribution is 2.38. The third kappa shape index (κ3) is 4.27. The summed E-state index contributed by atoms with van der Waals surface area (Å²) in [5.74, 6) is -0.185. The van der Waals surface area contributed by atoms with E-state index >= 15 is 0 Å². The summed E-state index contributed by atoms with van der Waals surface area (Å²) >= 11 is 6.81. The zero-order valence-electron chi connectivity index (χ0n) is 19.5. The monoisotopic (exact) mass is 489 g/mol. The summed E-state index contributed by atoms with van der Waals surface area (Å²) in [5.41, 5.74) is 7.10. The van der Waals surface area contributed by atoms with Gasteiger partial charge in [0, 0.05) is 30.9 Å². The molecule has 1 aromatic carbocycles. The fourth-order valence-electron chi connectivity index (χ4n) is 4.62. The maximum Gasteiger partial charge on any atom is 0.255 e. The fraction of sp³-hybridized carbons (Fsp3) is 0.417. The fourth-order valence-corrected chi connectivity index (χ4v) is 5.79. The van der Waals surface area contributed by atoms with Gasteiger partial charge in [-0.1, -0.05) is 11.6 Å². The first-order valence-corrected chi connectivity index (χ1v) is 13.1. The second-order valence-electron chi connectivity index (χ2n) is 9.09. The Morgan fingerprint density at radius 2 is 1.79 bits per heavy atom. The number of hydrogen-bond donors (Lipinski definition) is 1. The van der Waals surface area contributed by atoms with Crippen LogP contribution in [0.5, 0.6) is 0 Å². The molecule has 1 aromatic heterocycles. The molecule has 2 aliphatic rings. The van der Waals surface area contributed by atoms with Crippen molar-refractivity contribution >= 4 is 33.1 Å². The molecular formula is C24H28ClN3O4S. The van der Waals surface area contributed by atoms with Crippen molar-refractivity contribution in [3.63, 3.8) is 0 Å². The number of nitrogens with zero attached hydrogens (tertiary/aromatic N) is 2. The number of carbonyl (C=O) groups excluding carboxylic acids is 1. The van der Waals surface area contributed by atoms with Crippen molar-refractivity contribution in [3.8, 4) is 0 Å². The number of pyridine rings is 1.